The first-order valence-corrected chi connectivity index (χ1v) is 7.44. The van der Waals surface area contributed by atoms with Crippen LogP contribution in [0.1, 0.15) is 39.0 Å². The van der Waals surface area contributed by atoms with Crippen molar-refractivity contribution in [2.24, 2.45) is 0 Å². The lowest BCUT2D eigenvalue weighted by Crippen LogP contribution is -2.28. The number of rotatable bonds is 5. The van der Waals surface area contributed by atoms with Gasteiger partial charge in [0.05, 0.1) is 11.4 Å². The van der Waals surface area contributed by atoms with E-state index >= 15 is 0 Å². The van der Waals surface area contributed by atoms with Crippen molar-refractivity contribution >= 4 is 23.3 Å². The van der Waals surface area contributed by atoms with Crippen molar-refractivity contribution in [2.45, 2.75) is 25.8 Å². The molecule has 0 spiro atoms. The number of carbonyl (C=O) groups is 2. The summed E-state index contributed by atoms with van der Waals surface area (Å²) in [6.07, 6.45) is 1.39. The molecule has 5 nitrogen and oxygen atoms in total. The van der Waals surface area contributed by atoms with Crippen LogP contribution < -0.4 is 4.73 Å². The Kier molecular flexibility index (Phi) is 4.47. The van der Waals surface area contributed by atoms with E-state index < -0.39 is 0 Å². The molecule has 2 aromatic rings. The van der Waals surface area contributed by atoms with Crippen molar-refractivity contribution < 1.29 is 14.3 Å². The smallest absolute Gasteiger partial charge is 0.251 e. The summed E-state index contributed by atoms with van der Waals surface area (Å²) in [4.78, 5) is 26.8. The third-order valence-electron chi connectivity index (χ3n) is 3.21. The molecule has 0 aromatic carbocycles. The van der Waals surface area contributed by atoms with Gasteiger partial charge in [-0.2, -0.15) is 4.73 Å². The van der Waals surface area contributed by atoms with Crippen LogP contribution >= 0.6 is 11.8 Å². The van der Waals surface area contributed by atoms with Gasteiger partial charge in [0.15, 0.2) is 17.8 Å². The first-order valence-electron chi connectivity index (χ1n) is 6.46. The zero-order chi connectivity index (χ0) is 15.6. The molecule has 0 aliphatic heterocycles. The van der Waals surface area contributed by atoms with E-state index in [1.54, 1.807) is 32.0 Å². The van der Waals surface area contributed by atoms with Gasteiger partial charge in [-0.3, -0.25) is 9.59 Å². The molecule has 0 fully saturated rings. The number of pyridine rings is 1. The number of hydrogen-bond donors (Lipinski definition) is 1. The van der Waals surface area contributed by atoms with E-state index in [1.807, 2.05) is 0 Å². The molecule has 2 aromatic heterocycles. The minimum Gasteiger partial charge on any atom is -0.618 e. The van der Waals surface area contributed by atoms with Crippen molar-refractivity contribution in [1.82, 2.24) is 4.98 Å². The van der Waals surface area contributed by atoms with Crippen LogP contribution in [0.3, 0.4) is 0 Å². The van der Waals surface area contributed by atoms with E-state index in [2.05, 4.69) is 4.98 Å². The summed E-state index contributed by atoms with van der Waals surface area (Å²) in [7, 11) is 0. The number of aryl methyl sites for hydroxylation is 1. The highest BCUT2D eigenvalue weighted by Crippen LogP contribution is 2.21. The van der Waals surface area contributed by atoms with Crippen molar-refractivity contribution in [3.63, 3.8) is 0 Å². The lowest BCUT2D eigenvalue weighted by atomic mass is 10.1. The van der Waals surface area contributed by atoms with E-state index in [9.17, 15) is 14.8 Å². The molecular formula is C15H16N2O3S. The Hall–Kier alpha value is -2.08. The Morgan fingerprint density at radius 2 is 2.05 bits per heavy atom. The minimum atomic E-state index is -0.128. The standard InChI is InChI=1S/C15H16N2O3S/c1-9-14(11(3)18)10(2)16-15(9)12(19)8-21-13-6-4-5-7-17(13)20/h4-7,16H,8H2,1-3H3. The molecule has 21 heavy (non-hydrogen) atoms. The number of H-pyrrole nitrogens is 1. The molecule has 0 unspecified atom stereocenters. The topological polar surface area (TPSA) is 76.9 Å². The van der Waals surface area contributed by atoms with Gasteiger partial charge in [-0.05, 0) is 44.2 Å². The van der Waals surface area contributed by atoms with Crippen LogP contribution in [0.4, 0.5) is 0 Å². The van der Waals surface area contributed by atoms with Crippen LogP contribution in [0.25, 0.3) is 0 Å². The van der Waals surface area contributed by atoms with Crippen molar-refractivity contribution in [2.75, 3.05) is 5.75 Å². The molecule has 0 atom stereocenters. The van der Waals surface area contributed by atoms with E-state index in [1.165, 1.54) is 24.9 Å². The average molecular weight is 304 g/mol. The maximum absolute atomic E-state index is 12.3. The second-order valence-corrected chi connectivity index (χ2v) is 5.75. The molecule has 0 radical (unpaired) electrons. The number of aromatic amines is 1. The van der Waals surface area contributed by atoms with Gasteiger partial charge in [-0.25, -0.2) is 0 Å². The van der Waals surface area contributed by atoms with Gasteiger partial charge in [0.1, 0.15) is 0 Å². The Morgan fingerprint density at radius 1 is 1.33 bits per heavy atom. The van der Waals surface area contributed by atoms with Crippen molar-refractivity contribution in [3.8, 4) is 0 Å². The molecule has 1 N–H and O–H groups in total. The van der Waals surface area contributed by atoms with Gasteiger partial charge in [0.25, 0.3) is 5.03 Å². The van der Waals surface area contributed by atoms with E-state index in [0.717, 1.165) is 4.73 Å². The number of nitrogens with one attached hydrogen (secondary N) is 1. The molecule has 0 bridgehead atoms. The summed E-state index contributed by atoms with van der Waals surface area (Å²) in [5.74, 6) is -0.0462. The monoisotopic (exact) mass is 304 g/mol. The minimum absolute atomic E-state index is 0.0617. The van der Waals surface area contributed by atoms with Crippen LogP contribution in [-0.2, 0) is 0 Å². The summed E-state index contributed by atoms with van der Waals surface area (Å²) in [6.45, 7) is 5.02. The van der Waals surface area contributed by atoms with E-state index in [0.29, 0.717) is 27.5 Å². The Bertz CT molecular complexity index is 707. The summed E-state index contributed by atoms with van der Waals surface area (Å²) in [6, 6.07) is 5.05. The van der Waals surface area contributed by atoms with Gasteiger partial charge in [-0.1, -0.05) is 0 Å². The molecule has 2 heterocycles. The number of aromatic nitrogens is 2. The van der Waals surface area contributed by atoms with Crippen LogP contribution in [0, 0.1) is 19.1 Å². The van der Waals surface area contributed by atoms with Crippen molar-refractivity contribution in [3.05, 3.63) is 52.1 Å². The predicted octanol–water partition coefficient (Wildman–Crippen LogP) is 2.44. The van der Waals surface area contributed by atoms with Crippen LogP contribution in [-0.4, -0.2) is 22.3 Å². The number of thioether (sulfide) groups is 1. The van der Waals surface area contributed by atoms with Gasteiger partial charge in [0.2, 0.25) is 0 Å². The molecule has 0 amide bonds. The van der Waals surface area contributed by atoms with Crippen LogP contribution in [0.15, 0.2) is 29.4 Å². The number of nitrogens with zero attached hydrogens (tertiary/aromatic N) is 1. The van der Waals surface area contributed by atoms with Crippen LogP contribution in [0.5, 0.6) is 0 Å². The van der Waals surface area contributed by atoms with Crippen LogP contribution in [0.2, 0.25) is 0 Å². The third-order valence-corrected chi connectivity index (χ3v) is 4.23. The number of Topliss-reactive ketones (excluding diaryl/α,β-unsaturated/α-hetero) is 2. The van der Waals surface area contributed by atoms with Gasteiger partial charge in [0, 0.05) is 23.4 Å². The largest absolute Gasteiger partial charge is 0.618 e. The summed E-state index contributed by atoms with van der Waals surface area (Å²) < 4.78 is 0.728. The quantitative estimate of drug-likeness (QED) is 0.398. The summed E-state index contributed by atoms with van der Waals surface area (Å²) in [5, 5.41) is 12.0. The highest BCUT2D eigenvalue weighted by Gasteiger charge is 2.20. The molecule has 6 heteroatoms. The lowest BCUT2D eigenvalue weighted by molar-refractivity contribution is -0.645. The Labute approximate surface area is 127 Å². The fraction of sp³-hybridized carbons (Fsp3) is 0.267. The Balaban J connectivity index is 2.17. The normalized spacial score (nSPS) is 10.6. The Morgan fingerprint density at radius 3 is 2.62 bits per heavy atom. The maximum atomic E-state index is 12.3. The molecule has 0 saturated heterocycles. The molecular weight excluding hydrogens is 288 g/mol. The maximum Gasteiger partial charge on any atom is 0.251 e. The molecule has 0 aliphatic carbocycles. The first-order chi connectivity index (χ1) is 9.91. The lowest BCUT2D eigenvalue weighted by Gasteiger charge is -2.03. The number of hydrogen-bond acceptors (Lipinski definition) is 4. The number of carbonyl (C=O) groups excluding carboxylic acids is 2. The third kappa shape index (κ3) is 3.16. The molecule has 0 saturated carbocycles. The van der Waals surface area contributed by atoms with Crippen molar-refractivity contribution in [1.29, 1.82) is 0 Å². The highest BCUT2D eigenvalue weighted by atomic mass is 32.2. The SMILES string of the molecule is CC(=O)c1c(C)[nH]c(C(=O)CSc2cccc[n+]2[O-])c1C. The fourth-order valence-corrected chi connectivity index (χ4v) is 3.08. The number of ketones is 2. The van der Waals surface area contributed by atoms with Gasteiger partial charge in [-0.15, -0.1) is 0 Å². The summed E-state index contributed by atoms with van der Waals surface area (Å²) >= 11 is 1.18. The first kappa shape index (κ1) is 15.3. The van der Waals surface area contributed by atoms with E-state index in [-0.39, 0.29) is 17.3 Å². The molecule has 0 aliphatic rings. The zero-order valence-electron chi connectivity index (χ0n) is 12.1. The second-order valence-electron chi connectivity index (χ2n) is 4.76. The fourth-order valence-electron chi connectivity index (χ4n) is 2.29. The summed E-state index contributed by atoms with van der Waals surface area (Å²) in [5.41, 5.74) is 2.39. The molecule has 110 valence electrons. The average Bonchev–Trinajstić information content (AvgIpc) is 2.73. The predicted molar refractivity (Wildman–Crippen MR) is 80.7 cm³/mol. The highest BCUT2D eigenvalue weighted by molar-refractivity contribution is 7.99. The molecule has 2 rings (SSSR count). The van der Waals surface area contributed by atoms with E-state index in [4.69, 9.17) is 0 Å². The zero-order valence-corrected chi connectivity index (χ0v) is 12.9. The van der Waals surface area contributed by atoms with Gasteiger partial charge >= 0.3 is 0 Å². The van der Waals surface area contributed by atoms with Gasteiger partial charge < -0.3 is 10.2 Å². The second kappa shape index (κ2) is 6.13.